The number of halogens is 1. The fraction of sp³-hybridized carbons (Fsp3) is 0.412. The molecule has 1 unspecified atom stereocenters. The molecule has 114 valence electrons. The molecule has 1 atom stereocenters. The molecule has 4 rings (SSSR count). The normalized spacial score (nSPS) is 25.0. The van der Waals surface area contributed by atoms with Gasteiger partial charge in [0.1, 0.15) is 5.28 Å². The molecule has 0 saturated carbocycles. The van der Waals surface area contributed by atoms with Gasteiger partial charge in [-0.15, -0.1) is 17.2 Å². The number of rotatable bonds is 1. The molecule has 4 nitrogen and oxygen atoms in total. The first kappa shape index (κ1) is 18.1. The minimum Gasteiger partial charge on any atom is -0.359 e. The number of hydrogen-bond acceptors (Lipinski definition) is 4. The quantitative estimate of drug-likeness (QED) is 0.496. The molecule has 0 radical (unpaired) electrons. The van der Waals surface area contributed by atoms with Crippen molar-refractivity contribution in [3.63, 3.8) is 0 Å². The van der Waals surface area contributed by atoms with E-state index in [-0.39, 0.29) is 68.9 Å². The van der Waals surface area contributed by atoms with Gasteiger partial charge in [-0.2, -0.15) is 0 Å². The van der Waals surface area contributed by atoms with Crippen LogP contribution in [0.25, 0.3) is 0 Å². The van der Waals surface area contributed by atoms with Crippen molar-refractivity contribution in [3.05, 3.63) is 58.6 Å². The summed E-state index contributed by atoms with van der Waals surface area (Å²) < 4.78 is 11.9. The maximum absolute atomic E-state index is 6.03. The van der Waals surface area contributed by atoms with Gasteiger partial charge in [0.05, 0.1) is 13.2 Å². The average Bonchev–Trinajstić information content (AvgIpc) is 2.97. The predicted octanol–water partition coefficient (Wildman–Crippen LogP) is -0.0705. The van der Waals surface area contributed by atoms with Crippen LogP contribution in [0.5, 0.6) is 0 Å². The van der Waals surface area contributed by atoms with Gasteiger partial charge in [0.15, 0.2) is 5.79 Å². The van der Waals surface area contributed by atoms with Gasteiger partial charge in [0.25, 0.3) is 0 Å². The van der Waals surface area contributed by atoms with Crippen LogP contribution in [0.15, 0.2) is 30.3 Å². The summed E-state index contributed by atoms with van der Waals surface area (Å²) in [5.41, 5.74) is 2.66. The molecule has 1 spiro atoms. The largest absolute Gasteiger partial charge is 1.00 e. The fourth-order valence-corrected chi connectivity index (χ4v) is 3.76. The molecule has 2 aliphatic rings. The molecular weight excluding hydrogens is 385 g/mol. The summed E-state index contributed by atoms with van der Waals surface area (Å²) in [4.78, 5) is 8.53. The molecule has 1 fully saturated rings. The Labute approximate surface area is 189 Å². The topological polar surface area (TPSA) is 44.2 Å². The molecule has 1 aliphatic carbocycles. The van der Waals surface area contributed by atoms with Crippen molar-refractivity contribution in [2.75, 3.05) is 13.2 Å². The van der Waals surface area contributed by atoms with Crippen molar-refractivity contribution in [1.82, 2.24) is 9.97 Å². The van der Waals surface area contributed by atoms with Crippen LogP contribution in [0.3, 0.4) is 0 Å². The molecule has 1 aromatic carbocycles. The second-order valence-corrected chi connectivity index (χ2v) is 6.43. The summed E-state index contributed by atoms with van der Waals surface area (Å²) in [5, 5.41) is 0.227. The van der Waals surface area contributed by atoms with Gasteiger partial charge >= 0.3 is 58.2 Å². The third kappa shape index (κ3) is 3.24. The van der Waals surface area contributed by atoms with Gasteiger partial charge in [-0.3, -0.25) is 0 Å². The Morgan fingerprint density at radius 1 is 1.17 bits per heavy atom. The Hall–Kier alpha value is 0.315. The van der Waals surface area contributed by atoms with E-state index in [1.807, 2.05) is 18.2 Å². The number of ether oxygens (including phenoxy) is 2. The van der Waals surface area contributed by atoms with Gasteiger partial charge in [0, 0.05) is 12.8 Å². The van der Waals surface area contributed by atoms with Crippen molar-refractivity contribution < 1.29 is 67.7 Å². The van der Waals surface area contributed by atoms with Crippen LogP contribution >= 0.6 is 11.6 Å². The first-order valence-electron chi connectivity index (χ1n) is 7.39. The number of hydrogen-bond donors (Lipinski definition) is 0. The number of nitrogens with zero attached hydrogens (tertiary/aromatic N) is 2. The van der Waals surface area contributed by atoms with Crippen LogP contribution in [0.4, 0.5) is 0 Å². The SMILES string of the molecule is CC1(c2ccccc2)CC2(Cc3[c-]nc(Cl)nc31)OCCO2.[Rb+]. The van der Waals surface area contributed by atoms with E-state index >= 15 is 0 Å². The van der Waals surface area contributed by atoms with Crippen molar-refractivity contribution in [1.29, 1.82) is 0 Å². The zero-order valence-electron chi connectivity index (χ0n) is 13.3. The summed E-state index contributed by atoms with van der Waals surface area (Å²) in [6.07, 6.45) is 4.35. The Balaban J connectivity index is 0.00000156. The average molecular weight is 401 g/mol. The zero-order chi connectivity index (χ0) is 15.2. The molecule has 6 heteroatoms. The molecule has 1 aliphatic heterocycles. The van der Waals surface area contributed by atoms with E-state index in [1.165, 1.54) is 0 Å². The first-order chi connectivity index (χ1) is 10.6. The van der Waals surface area contributed by atoms with Crippen LogP contribution in [-0.2, 0) is 21.3 Å². The van der Waals surface area contributed by atoms with Crippen molar-refractivity contribution >= 4 is 11.6 Å². The van der Waals surface area contributed by atoms with E-state index in [1.54, 1.807) is 0 Å². The second-order valence-electron chi connectivity index (χ2n) is 6.09. The maximum Gasteiger partial charge on any atom is 1.00 e. The van der Waals surface area contributed by atoms with E-state index in [9.17, 15) is 0 Å². The minimum atomic E-state index is -0.606. The molecule has 0 N–H and O–H groups in total. The number of aromatic nitrogens is 2. The van der Waals surface area contributed by atoms with E-state index in [4.69, 9.17) is 21.1 Å². The third-order valence-corrected chi connectivity index (χ3v) is 4.76. The van der Waals surface area contributed by atoms with Gasteiger partial charge in [-0.1, -0.05) is 49.1 Å². The van der Waals surface area contributed by atoms with Gasteiger partial charge < -0.3 is 19.4 Å². The summed E-state index contributed by atoms with van der Waals surface area (Å²) in [6, 6.07) is 10.3. The van der Waals surface area contributed by atoms with Crippen LogP contribution in [0.2, 0.25) is 5.28 Å². The van der Waals surface area contributed by atoms with E-state index < -0.39 is 5.79 Å². The van der Waals surface area contributed by atoms with E-state index in [0.717, 1.165) is 16.8 Å². The van der Waals surface area contributed by atoms with Gasteiger partial charge in [-0.05, 0) is 11.0 Å². The maximum atomic E-state index is 6.03. The summed E-state index contributed by atoms with van der Waals surface area (Å²) in [5.74, 6) is -0.606. The second kappa shape index (κ2) is 6.91. The number of benzene rings is 1. The van der Waals surface area contributed by atoms with Crippen molar-refractivity contribution in [2.24, 2.45) is 0 Å². The van der Waals surface area contributed by atoms with Crippen molar-refractivity contribution in [2.45, 2.75) is 31.0 Å². The minimum absolute atomic E-state index is 0. The monoisotopic (exact) mass is 400 g/mol. The molecule has 1 aromatic heterocycles. The molecule has 0 bridgehead atoms. The van der Waals surface area contributed by atoms with E-state index in [2.05, 4.69) is 35.2 Å². The summed E-state index contributed by atoms with van der Waals surface area (Å²) >= 11 is 6.03. The van der Waals surface area contributed by atoms with Gasteiger partial charge in [0.2, 0.25) is 0 Å². The van der Waals surface area contributed by atoms with Crippen molar-refractivity contribution in [3.8, 4) is 0 Å². The van der Waals surface area contributed by atoms with Crippen LogP contribution in [0.1, 0.15) is 30.2 Å². The Morgan fingerprint density at radius 3 is 2.57 bits per heavy atom. The smallest absolute Gasteiger partial charge is 0.359 e. The molecular formula is C17H16ClN2O2Rb. The molecule has 0 amide bonds. The van der Waals surface area contributed by atoms with Crippen LogP contribution in [-0.4, -0.2) is 29.0 Å². The molecule has 2 heterocycles. The third-order valence-electron chi connectivity index (χ3n) is 4.59. The standard InChI is InChI=1S/C17H16ClN2O2.Rb/c1-16(13-5-3-2-4-6-13)11-17(21-7-8-22-17)9-12-10-19-15(18)20-14(12)16;/h2-6H,7-9,11H2,1H3;/q-1;+1. The zero-order valence-corrected chi connectivity index (χ0v) is 19.0. The van der Waals surface area contributed by atoms with Crippen LogP contribution in [0, 0.1) is 6.20 Å². The number of fused-ring (bicyclic) bond motifs is 1. The van der Waals surface area contributed by atoms with Gasteiger partial charge in [-0.25, -0.2) is 0 Å². The summed E-state index contributed by atoms with van der Waals surface area (Å²) in [7, 11) is 0. The Morgan fingerprint density at radius 2 is 1.87 bits per heavy atom. The van der Waals surface area contributed by atoms with E-state index in [0.29, 0.717) is 26.1 Å². The molecule has 1 saturated heterocycles. The Bertz CT molecular complexity index is 707. The predicted molar refractivity (Wildman–Crippen MR) is 81.7 cm³/mol. The van der Waals surface area contributed by atoms with Crippen LogP contribution < -0.4 is 58.2 Å². The Kier molecular flexibility index (Phi) is 5.44. The molecule has 2 aromatic rings. The first-order valence-corrected chi connectivity index (χ1v) is 7.77. The molecule has 23 heavy (non-hydrogen) atoms. The fourth-order valence-electron chi connectivity index (χ4n) is 3.63. The summed E-state index contributed by atoms with van der Waals surface area (Å²) in [6.45, 7) is 3.40.